The molecule has 2 amide bonds. The molecule has 110 valence electrons. The van der Waals surface area contributed by atoms with E-state index in [1.54, 1.807) is 24.3 Å². The van der Waals surface area contributed by atoms with Gasteiger partial charge in [0.15, 0.2) is 0 Å². The molecule has 1 heterocycles. The maximum atomic E-state index is 12.3. The van der Waals surface area contributed by atoms with Crippen molar-refractivity contribution in [3.05, 3.63) is 29.8 Å². The molecule has 1 atom stereocenters. The lowest BCUT2D eigenvalue weighted by atomic mass is 9.82. The Hall–Kier alpha value is -1.59. The minimum Gasteiger partial charge on any atom is -0.366 e. The quantitative estimate of drug-likeness (QED) is 0.791. The molecule has 1 aromatic carbocycles. The van der Waals surface area contributed by atoms with E-state index in [0.717, 1.165) is 19.4 Å². The second-order valence-electron chi connectivity index (χ2n) is 5.24. The van der Waals surface area contributed by atoms with Crippen LogP contribution in [0.15, 0.2) is 24.3 Å². The van der Waals surface area contributed by atoms with Crippen LogP contribution in [-0.2, 0) is 4.79 Å². The summed E-state index contributed by atoms with van der Waals surface area (Å²) in [5.41, 5.74) is 5.91. The molecule has 0 radical (unpaired) electrons. The normalized spacial score (nSPS) is 21.6. The third kappa shape index (κ3) is 3.71. The largest absolute Gasteiger partial charge is 0.366 e. The molecule has 20 heavy (non-hydrogen) atoms. The first kappa shape index (κ1) is 16.5. The van der Waals surface area contributed by atoms with Crippen molar-refractivity contribution < 1.29 is 9.59 Å². The van der Waals surface area contributed by atoms with Crippen LogP contribution in [-0.4, -0.2) is 24.9 Å². The van der Waals surface area contributed by atoms with Gasteiger partial charge in [0, 0.05) is 17.8 Å². The fourth-order valence-corrected chi connectivity index (χ4v) is 2.25. The number of anilines is 1. The summed E-state index contributed by atoms with van der Waals surface area (Å²) in [5, 5.41) is 6.13. The molecule has 6 heteroatoms. The van der Waals surface area contributed by atoms with Crippen molar-refractivity contribution in [2.45, 2.75) is 19.8 Å². The molecule has 1 unspecified atom stereocenters. The molecule has 2 rings (SSSR count). The zero-order valence-electron chi connectivity index (χ0n) is 11.4. The van der Waals surface area contributed by atoms with E-state index in [9.17, 15) is 9.59 Å². The van der Waals surface area contributed by atoms with Crippen LogP contribution in [0.2, 0.25) is 0 Å². The molecule has 0 aliphatic carbocycles. The van der Waals surface area contributed by atoms with Crippen LogP contribution in [0, 0.1) is 5.41 Å². The molecular formula is C14H20ClN3O2. The van der Waals surface area contributed by atoms with E-state index in [1.807, 2.05) is 6.92 Å². The van der Waals surface area contributed by atoms with Gasteiger partial charge in [-0.2, -0.15) is 0 Å². The van der Waals surface area contributed by atoms with Crippen molar-refractivity contribution in [2.24, 2.45) is 11.1 Å². The van der Waals surface area contributed by atoms with Gasteiger partial charge in [0.25, 0.3) is 0 Å². The number of piperidine rings is 1. The molecule has 1 aliphatic rings. The molecule has 5 nitrogen and oxygen atoms in total. The van der Waals surface area contributed by atoms with Gasteiger partial charge >= 0.3 is 0 Å². The number of nitrogens with one attached hydrogen (secondary N) is 2. The Labute approximate surface area is 124 Å². The van der Waals surface area contributed by atoms with Crippen molar-refractivity contribution in [1.29, 1.82) is 0 Å². The summed E-state index contributed by atoms with van der Waals surface area (Å²) in [6, 6.07) is 6.61. The molecule has 1 fully saturated rings. The lowest BCUT2D eigenvalue weighted by Gasteiger charge is -2.32. The number of hydrogen-bond donors (Lipinski definition) is 3. The number of rotatable bonds is 3. The minimum atomic E-state index is -0.471. The minimum absolute atomic E-state index is 0. The van der Waals surface area contributed by atoms with Gasteiger partial charge in [0.05, 0.1) is 5.41 Å². The van der Waals surface area contributed by atoms with Gasteiger partial charge in [-0.05, 0) is 50.6 Å². The van der Waals surface area contributed by atoms with Crippen molar-refractivity contribution in [3.63, 3.8) is 0 Å². The second-order valence-corrected chi connectivity index (χ2v) is 5.24. The van der Waals surface area contributed by atoms with E-state index < -0.39 is 5.91 Å². The van der Waals surface area contributed by atoms with Crippen molar-refractivity contribution in [1.82, 2.24) is 5.32 Å². The van der Waals surface area contributed by atoms with Gasteiger partial charge in [0.1, 0.15) is 0 Å². The predicted molar refractivity (Wildman–Crippen MR) is 81.0 cm³/mol. The number of hydrogen-bond acceptors (Lipinski definition) is 3. The molecule has 0 bridgehead atoms. The van der Waals surface area contributed by atoms with Crippen LogP contribution in [0.5, 0.6) is 0 Å². The first-order valence-electron chi connectivity index (χ1n) is 6.43. The smallest absolute Gasteiger partial charge is 0.248 e. The van der Waals surface area contributed by atoms with Crippen molar-refractivity contribution in [2.75, 3.05) is 18.4 Å². The third-order valence-corrected chi connectivity index (χ3v) is 3.57. The lowest BCUT2D eigenvalue weighted by molar-refractivity contribution is -0.125. The first-order chi connectivity index (χ1) is 9.01. The average Bonchev–Trinajstić information content (AvgIpc) is 2.40. The Morgan fingerprint density at radius 2 is 1.95 bits per heavy atom. The summed E-state index contributed by atoms with van der Waals surface area (Å²) in [5.74, 6) is -0.465. The second kappa shape index (κ2) is 6.72. The standard InChI is InChI=1S/C14H19N3O2.ClH/c1-14(7-2-8-16-9-14)13(19)17-11-5-3-10(4-6-11)12(15)18;/h3-6,16H,2,7-9H2,1H3,(H2,15,18)(H,17,19);1H. The molecule has 1 aromatic rings. The van der Waals surface area contributed by atoms with E-state index >= 15 is 0 Å². The van der Waals surface area contributed by atoms with Crippen LogP contribution in [0.4, 0.5) is 5.69 Å². The van der Waals surface area contributed by atoms with Crippen molar-refractivity contribution >= 4 is 29.9 Å². The van der Waals surface area contributed by atoms with Gasteiger partial charge in [0.2, 0.25) is 11.8 Å². The molecular weight excluding hydrogens is 278 g/mol. The monoisotopic (exact) mass is 297 g/mol. The van der Waals surface area contributed by atoms with E-state index in [1.165, 1.54) is 0 Å². The Bertz CT molecular complexity index is 482. The molecule has 4 N–H and O–H groups in total. The summed E-state index contributed by atoms with van der Waals surface area (Å²) in [4.78, 5) is 23.2. The van der Waals surface area contributed by atoms with Crippen LogP contribution >= 0.6 is 12.4 Å². The topological polar surface area (TPSA) is 84.2 Å². The van der Waals surface area contributed by atoms with Gasteiger partial charge < -0.3 is 16.4 Å². The molecule has 0 aromatic heterocycles. The summed E-state index contributed by atoms with van der Waals surface area (Å²) in [6.45, 7) is 3.63. The number of amides is 2. The van der Waals surface area contributed by atoms with Crippen LogP contribution in [0.25, 0.3) is 0 Å². The SMILES string of the molecule is CC1(C(=O)Nc2ccc(C(N)=O)cc2)CCCNC1.Cl. The maximum absolute atomic E-state index is 12.3. The Kier molecular flexibility index (Phi) is 5.53. The number of carbonyl (C=O) groups excluding carboxylic acids is 2. The highest BCUT2D eigenvalue weighted by molar-refractivity contribution is 5.97. The summed E-state index contributed by atoms with van der Waals surface area (Å²) in [6.07, 6.45) is 1.88. The molecule has 1 saturated heterocycles. The summed E-state index contributed by atoms with van der Waals surface area (Å²) in [7, 11) is 0. The zero-order valence-corrected chi connectivity index (χ0v) is 12.3. The highest BCUT2D eigenvalue weighted by atomic mass is 35.5. The van der Waals surface area contributed by atoms with E-state index in [4.69, 9.17) is 5.73 Å². The molecule has 0 spiro atoms. The number of carbonyl (C=O) groups is 2. The zero-order chi connectivity index (χ0) is 13.9. The van der Waals surface area contributed by atoms with E-state index in [0.29, 0.717) is 17.8 Å². The van der Waals surface area contributed by atoms with E-state index in [-0.39, 0.29) is 23.7 Å². The van der Waals surface area contributed by atoms with E-state index in [2.05, 4.69) is 10.6 Å². The lowest BCUT2D eigenvalue weighted by Crippen LogP contribution is -2.46. The highest BCUT2D eigenvalue weighted by Crippen LogP contribution is 2.27. The van der Waals surface area contributed by atoms with Gasteiger partial charge in [-0.15, -0.1) is 12.4 Å². The fourth-order valence-electron chi connectivity index (χ4n) is 2.25. The molecule has 0 saturated carbocycles. The van der Waals surface area contributed by atoms with Gasteiger partial charge in [-0.25, -0.2) is 0 Å². The third-order valence-electron chi connectivity index (χ3n) is 3.57. The highest BCUT2D eigenvalue weighted by Gasteiger charge is 2.34. The van der Waals surface area contributed by atoms with Crippen LogP contribution in [0.3, 0.4) is 0 Å². The first-order valence-corrected chi connectivity index (χ1v) is 6.43. The number of primary amides is 1. The van der Waals surface area contributed by atoms with Gasteiger partial charge in [-0.1, -0.05) is 0 Å². The fraction of sp³-hybridized carbons (Fsp3) is 0.429. The number of nitrogens with two attached hydrogens (primary N) is 1. The Morgan fingerprint density at radius 3 is 2.45 bits per heavy atom. The molecule has 1 aliphatic heterocycles. The Morgan fingerprint density at radius 1 is 1.30 bits per heavy atom. The number of benzene rings is 1. The maximum Gasteiger partial charge on any atom is 0.248 e. The Balaban J connectivity index is 0.00000200. The van der Waals surface area contributed by atoms with Crippen LogP contribution < -0.4 is 16.4 Å². The van der Waals surface area contributed by atoms with Crippen LogP contribution in [0.1, 0.15) is 30.1 Å². The number of halogens is 1. The summed E-state index contributed by atoms with van der Waals surface area (Å²) >= 11 is 0. The summed E-state index contributed by atoms with van der Waals surface area (Å²) < 4.78 is 0. The average molecular weight is 298 g/mol. The predicted octanol–water partition coefficient (Wildman–Crippen LogP) is 1.54. The van der Waals surface area contributed by atoms with Crippen molar-refractivity contribution in [3.8, 4) is 0 Å². The van der Waals surface area contributed by atoms with Gasteiger partial charge in [-0.3, -0.25) is 9.59 Å².